The minimum atomic E-state index is -0.0924. The molecule has 0 unspecified atom stereocenters. The summed E-state index contributed by atoms with van der Waals surface area (Å²) in [6.45, 7) is 0. The molecule has 0 spiro atoms. The van der Waals surface area contributed by atoms with Crippen LogP contribution in [0.25, 0.3) is 33.4 Å². The molecule has 10 aromatic rings. The van der Waals surface area contributed by atoms with Crippen molar-refractivity contribution in [2.45, 2.75) is 57.8 Å². The van der Waals surface area contributed by atoms with Gasteiger partial charge in [0.2, 0.25) is 0 Å². The number of phenolic OH excluding ortho intramolecular Hbond substituents is 10. The van der Waals surface area contributed by atoms with Gasteiger partial charge >= 0.3 is 0 Å². The minimum Gasteiger partial charge on any atom is -0.508 e. The van der Waals surface area contributed by atoms with Crippen LogP contribution in [0.4, 0.5) is 0 Å². The average molecular weight is 1040 g/mol. The third-order valence-electron chi connectivity index (χ3n) is 16.2. The summed E-state index contributed by atoms with van der Waals surface area (Å²) in [7, 11) is 0. The molecule has 22 bridgehead atoms. The summed E-state index contributed by atoms with van der Waals surface area (Å²) >= 11 is 0. The first kappa shape index (κ1) is 48.8. The quantitative estimate of drug-likeness (QED) is 0.0794. The van der Waals surface area contributed by atoms with Crippen molar-refractivity contribution in [1.29, 1.82) is 0 Å². The van der Waals surface area contributed by atoms with Crippen LogP contribution in [0.15, 0.2) is 158 Å². The molecule has 0 aliphatic heterocycles. The van der Waals surface area contributed by atoms with Crippen LogP contribution in [0, 0.1) is 0 Å². The Morgan fingerprint density at radius 1 is 0.253 bits per heavy atom. The number of phenols is 10. The Morgan fingerprint density at radius 2 is 0.658 bits per heavy atom. The molecule has 0 saturated carbocycles. The first-order valence-corrected chi connectivity index (χ1v) is 26.4. The predicted octanol–water partition coefficient (Wildman–Crippen LogP) is 13.0. The third-order valence-corrected chi connectivity index (χ3v) is 16.2. The van der Waals surface area contributed by atoms with Gasteiger partial charge in [-0.2, -0.15) is 0 Å². The lowest BCUT2D eigenvalue weighted by atomic mass is 9.85. The number of hydrogen-bond donors (Lipinski definition) is 10. The standard InChI is InChI=1S/C69H54O10/c70-57-9-4-36(5-10-57)14-49-22-40-23-52-29-44-30-55(66(52)76)34-48-28-42(8-13-63(48)73)58-3-1-2-43(68(58)78)19-39-20-50-18-38-7-11-61(71)46(16-38)15-37-6-12-62(72)47(17-37)33-54-31-45(32-56(67(54)77)35-53(24-40)65(49)75)60-27-41(26-59(44)69(60)79)25-51(21-39)64(50)74/h1-13,16-17,20-22,24,26-32,70-79H,14-15,18-19,23,25,33-35H2. The van der Waals surface area contributed by atoms with Gasteiger partial charge in [-0.15, -0.1) is 0 Å². The minimum absolute atomic E-state index is 0.00223. The van der Waals surface area contributed by atoms with Gasteiger partial charge in [0.25, 0.3) is 0 Å². The Labute approximate surface area is 455 Å². The molecule has 10 nitrogen and oxygen atoms in total. The first-order valence-electron chi connectivity index (χ1n) is 26.4. The Balaban J connectivity index is 1.13. The van der Waals surface area contributed by atoms with Gasteiger partial charge in [-0.3, -0.25) is 0 Å². The molecule has 0 amide bonds. The Bertz CT molecular complexity index is 4170. The van der Waals surface area contributed by atoms with E-state index in [2.05, 4.69) is 0 Å². The largest absolute Gasteiger partial charge is 0.508 e. The number of para-hydroxylation sites is 1. The molecule has 3 aliphatic rings. The molecule has 3 aliphatic carbocycles. The van der Waals surface area contributed by atoms with Crippen molar-refractivity contribution in [1.82, 2.24) is 0 Å². The molecule has 13 rings (SSSR count). The fourth-order valence-corrected chi connectivity index (χ4v) is 12.2. The zero-order valence-corrected chi connectivity index (χ0v) is 42.8. The molecule has 390 valence electrons. The maximum Gasteiger partial charge on any atom is 0.131 e. The summed E-state index contributed by atoms with van der Waals surface area (Å²) in [5, 5.41) is 120. The highest BCUT2D eigenvalue weighted by molar-refractivity contribution is 5.85. The second-order valence-corrected chi connectivity index (χ2v) is 21.7. The normalized spacial score (nSPS) is 13.2. The van der Waals surface area contributed by atoms with Crippen LogP contribution in [0.3, 0.4) is 0 Å². The summed E-state index contributed by atoms with van der Waals surface area (Å²) in [5.41, 5.74) is 14.1. The smallest absolute Gasteiger partial charge is 0.131 e. The monoisotopic (exact) mass is 1040 g/mol. The van der Waals surface area contributed by atoms with Crippen molar-refractivity contribution < 1.29 is 51.1 Å². The second-order valence-electron chi connectivity index (χ2n) is 21.7. The number of aromatic hydroxyl groups is 10. The van der Waals surface area contributed by atoms with Crippen molar-refractivity contribution in [3.63, 3.8) is 0 Å². The number of hydrogen-bond acceptors (Lipinski definition) is 10. The van der Waals surface area contributed by atoms with Crippen molar-refractivity contribution in [3.05, 3.63) is 258 Å². The lowest BCUT2D eigenvalue weighted by Gasteiger charge is -2.22. The third kappa shape index (κ3) is 9.10. The highest BCUT2D eigenvalue weighted by atomic mass is 16.3. The number of rotatable bonds is 2. The fourth-order valence-electron chi connectivity index (χ4n) is 12.2. The van der Waals surface area contributed by atoms with E-state index < -0.39 is 0 Å². The van der Waals surface area contributed by atoms with Crippen LogP contribution in [0.1, 0.15) is 100 Å². The average Bonchev–Trinajstić information content (AvgIpc) is 3.46. The molecular weight excluding hydrogens is 989 g/mol. The van der Waals surface area contributed by atoms with Crippen LogP contribution >= 0.6 is 0 Å². The van der Waals surface area contributed by atoms with Crippen molar-refractivity contribution in [2.24, 2.45) is 0 Å². The summed E-state index contributed by atoms with van der Waals surface area (Å²) in [4.78, 5) is 0. The molecule has 79 heavy (non-hydrogen) atoms. The maximum absolute atomic E-state index is 13.0. The van der Waals surface area contributed by atoms with E-state index in [9.17, 15) is 51.1 Å². The van der Waals surface area contributed by atoms with Crippen molar-refractivity contribution in [3.8, 4) is 90.9 Å². The van der Waals surface area contributed by atoms with Gasteiger partial charge < -0.3 is 51.1 Å². The number of fused-ring (bicyclic) bond motifs is 17. The molecule has 0 radical (unpaired) electrons. The molecular formula is C69H54O10. The molecule has 0 fully saturated rings. The van der Waals surface area contributed by atoms with E-state index in [1.807, 2.05) is 97.1 Å². The number of benzene rings is 10. The molecule has 10 aromatic carbocycles. The fraction of sp³-hybridized carbons (Fsp3) is 0.130. The van der Waals surface area contributed by atoms with E-state index in [4.69, 9.17) is 0 Å². The van der Waals surface area contributed by atoms with Gasteiger partial charge in [0.1, 0.15) is 57.5 Å². The topological polar surface area (TPSA) is 202 Å². The second kappa shape index (κ2) is 19.0. The lowest BCUT2D eigenvalue weighted by molar-refractivity contribution is 0.455. The molecule has 0 atom stereocenters. The summed E-state index contributed by atoms with van der Waals surface area (Å²) in [6.07, 6.45) is 1.63. The predicted molar refractivity (Wildman–Crippen MR) is 303 cm³/mol. The molecule has 0 heterocycles. The first-order chi connectivity index (χ1) is 38.1. The maximum atomic E-state index is 13.0. The molecule has 10 heteroatoms. The van der Waals surface area contributed by atoms with Gasteiger partial charge in [0, 0.05) is 74.5 Å². The van der Waals surface area contributed by atoms with E-state index in [-0.39, 0.29) is 109 Å². The van der Waals surface area contributed by atoms with Gasteiger partial charge in [-0.25, -0.2) is 0 Å². The summed E-state index contributed by atoms with van der Waals surface area (Å²) in [6, 6.07) is 46.8. The van der Waals surface area contributed by atoms with Gasteiger partial charge in [-0.05, 0) is 190 Å². The van der Waals surface area contributed by atoms with Crippen molar-refractivity contribution in [2.75, 3.05) is 0 Å². The SMILES string of the molecule is Oc1ccc(Cc2cc3cc(c2O)Cc2cc4cc(c2O)Cc2cc(ccc2O)Cc2cc(ccc2O)Cc2cc5cc(c2O)Cc2cc(c(O)c-4c2)-c2cc(c(O)c(c2)Cc2cc(ccc2O)-c2cccc(c2O)C5)C3)cc1. The van der Waals surface area contributed by atoms with E-state index >= 15 is 0 Å². The Kier molecular flexibility index (Phi) is 11.8. The van der Waals surface area contributed by atoms with Crippen LogP contribution < -0.4 is 0 Å². The van der Waals surface area contributed by atoms with E-state index in [0.29, 0.717) is 112 Å². The summed E-state index contributed by atoms with van der Waals surface area (Å²) < 4.78 is 0. The Hall–Kier alpha value is -9.80. The van der Waals surface area contributed by atoms with E-state index in [1.54, 1.807) is 60.7 Å². The van der Waals surface area contributed by atoms with Crippen LogP contribution in [-0.2, 0) is 57.8 Å². The van der Waals surface area contributed by atoms with E-state index in [1.165, 1.54) is 0 Å². The highest BCUT2D eigenvalue weighted by Gasteiger charge is 2.26. The van der Waals surface area contributed by atoms with Gasteiger partial charge in [0.15, 0.2) is 0 Å². The summed E-state index contributed by atoms with van der Waals surface area (Å²) in [5.74, 6) is 0.0824. The van der Waals surface area contributed by atoms with Gasteiger partial charge in [-0.1, -0.05) is 84.9 Å². The molecule has 10 N–H and O–H groups in total. The molecule has 0 saturated heterocycles. The molecule has 0 aromatic heterocycles. The van der Waals surface area contributed by atoms with Crippen LogP contribution in [0.2, 0.25) is 0 Å². The lowest BCUT2D eigenvalue weighted by Crippen LogP contribution is -2.03. The highest BCUT2D eigenvalue weighted by Crippen LogP contribution is 2.47. The van der Waals surface area contributed by atoms with E-state index in [0.717, 1.165) is 27.8 Å². The van der Waals surface area contributed by atoms with Crippen LogP contribution in [0.5, 0.6) is 57.5 Å². The van der Waals surface area contributed by atoms with Gasteiger partial charge in [0.05, 0.1) is 0 Å². The van der Waals surface area contributed by atoms with Crippen molar-refractivity contribution >= 4 is 0 Å². The van der Waals surface area contributed by atoms with Crippen LogP contribution in [-0.4, -0.2) is 51.1 Å². The zero-order chi connectivity index (χ0) is 54.4. The zero-order valence-electron chi connectivity index (χ0n) is 42.8. The Morgan fingerprint density at radius 3 is 1.24 bits per heavy atom.